The first kappa shape index (κ1) is 20.1. The topological polar surface area (TPSA) is 84.9 Å². The minimum absolute atomic E-state index is 0.0555. The molecule has 0 fully saturated rings. The van der Waals surface area contributed by atoms with Crippen LogP contribution in [0.3, 0.4) is 0 Å². The van der Waals surface area contributed by atoms with Crippen LogP contribution in [-0.2, 0) is 19.1 Å². The lowest BCUT2D eigenvalue weighted by atomic mass is 10.1. The number of benzene rings is 2. The molecule has 0 saturated heterocycles. The van der Waals surface area contributed by atoms with Gasteiger partial charge in [-0.15, -0.1) is 0 Å². The van der Waals surface area contributed by atoms with Gasteiger partial charge in [0.05, 0.1) is 12.1 Å². The molecule has 0 aliphatic carbocycles. The Morgan fingerprint density at radius 3 is 2.62 bits per heavy atom. The summed E-state index contributed by atoms with van der Waals surface area (Å²) in [5, 5.41) is 2.55. The summed E-state index contributed by atoms with van der Waals surface area (Å²) in [5.74, 6) is -1.40. The number of rotatable bonds is 6. The first-order chi connectivity index (χ1) is 13.9. The number of nitrogens with one attached hydrogen (secondary N) is 1. The van der Waals surface area contributed by atoms with Crippen LogP contribution in [0.5, 0.6) is 5.75 Å². The van der Waals surface area contributed by atoms with Gasteiger partial charge in [0.15, 0.2) is 6.61 Å². The number of ether oxygens (including phenoxy) is 2. The molecule has 0 aromatic heterocycles. The maximum absolute atomic E-state index is 12.9. The summed E-state index contributed by atoms with van der Waals surface area (Å²) < 4.78 is 23.4. The third kappa shape index (κ3) is 5.41. The Labute approximate surface area is 166 Å². The molecule has 3 rings (SSSR count). The fourth-order valence-electron chi connectivity index (χ4n) is 2.60. The van der Waals surface area contributed by atoms with Crippen LogP contribution in [0.15, 0.2) is 54.1 Å². The number of halogens is 1. The standard InChI is InChI=1S/C21H19FN2O5/c1-24(11-19(25)23-17-8-6-16(22)7-9-17)20(26)13-29-21(27)15-10-14-4-2-3-5-18(14)28-12-15/h2-10H,11-13H2,1H3,(H,23,25). The summed E-state index contributed by atoms with van der Waals surface area (Å²) in [6.45, 7) is -0.689. The molecule has 1 heterocycles. The van der Waals surface area contributed by atoms with Gasteiger partial charge in [0.2, 0.25) is 5.91 Å². The van der Waals surface area contributed by atoms with Crippen LogP contribution in [-0.4, -0.2) is 49.5 Å². The molecule has 150 valence electrons. The van der Waals surface area contributed by atoms with Crippen LogP contribution >= 0.6 is 0 Å². The quantitative estimate of drug-likeness (QED) is 0.755. The lowest BCUT2D eigenvalue weighted by Crippen LogP contribution is -2.37. The van der Waals surface area contributed by atoms with Crippen LogP contribution in [0.1, 0.15) is 5.56 Å². The molecular weight excluding hydrogens is 379 g/mol. The molecule has 1 aliphatic heterocycles. The monoisotopic (exact) mass is 398 g/mol. The van der Waals surface area contributed by atoms with Gasteiger partial charge in [0, 0.05) is 18.3 Å². The summed E-state index contributed by atoms with van der Waals surface area (Å²) in [5.41, 5.74) is 1.47. The Hall–Kier alpha value is -3.68. The second-order valence-corrected chi connectivity index (χ2v) is 6.38. The second kappa shape index (κ2) is 9.01. The molecule has 0 bridgehead atoms. The van der Waals surface area contributed by atoms with E-state index in [1.54, 1.807) is 18.2 Å². The van der Waals surface area contributed by atoms with Crippen LogP contribution in [0.2, 0.25) is 0 Å². The molecule has 1 N–H and O–H groups in total. The second-order valence-electron chi connectivity index (χ2n) is 6.38. The number of hydrogen-bond donors (Lipinski definition) is 1. The van der Waals surface area contributed by atoms with E-state index in [1.165, 1.54) is 31.3 Å². The zero-order valence-electron chi connectivity index (χ0n) is 15.7. The van der Waals surface area contributed by atoms with Crippen molar-refractivity contribution < 1.29 is 28.2 Å². The third-order valence-corrected chi connectivity index (χ3v) is 4.16. The molecular formula is C21H19FN2O5. The number of hydrogen-bond acceptors (Lipinski definition) is 5. The number of nitrogens with zero attached hydrogens (tertiary/aromatic N) is 1. The minimum Gasteiger partial charge on any atom is -0.488 e. The van der Waals surface area contributed by atoms with E-state index in [2.05, 4.69) is 5.32 Å². The van der Waals surface area contributed by atoms with Crippen molar-refractivity contribution in [3.63, 3.8) is 0 Å². The average Bonchev–Trinajstić information content (AvgIpc) is 2.72. The van der Waals surface area contributed by atoms with Crippen molar-refractivity contribution in [1.82, 2.24) is 4.90 Å². The van der Waals surface area contributed by atoms with Gasteiger partial charge in [-0.05, 0) is 36.4 Å². The summed E-state index contributed by atoms with van der Waals surface area (Å²) in [4.78, 5) is 37.4. The number of para-hydroxylation sites is 1. The number of carbonyl (C=O) groups excluding carboxylic acids is 3. The lowest BCUT2D eigenvalue weighted by Gasteiger charge is -2.19. The van der Waals surface area contributed by atoms with Crippen LogP contribution in [0.4, 0.5) is 10.1 Å². The van der Waals surface area contributed by atoms with Crippen molar-refractivity contribution in [3.05, 3.63) is 65.5 Å². The van der Waals surface area contributed by atoms with E-state index >= 15 is 0 Å². The summed E-state index contributed by atoms with van der Waals surface area (Å²) in [6, 6.07) is 12.5. The minimum atomic E-state index is -0.656. The van der Waals surface area contributed by atoms with Gasteiger partial charge < -0.3 is 19.7 Å². The molecule has 0 spiro atoms. The Bertz CT molecular complexity index is 956. The first-order valence-electron chi connectivity index (χ1n) is 8.81. The van der Waals surface area contributed by atoms with E-state index in [9.17, 15) is 18.8 Å². The van der Waals surface area contributed by atoms with Crippen molar-refractivity contribution in [2.24, 2.45) is 0 Å². The highest BCUT2D eigenvalue weighted by molar-refractivity contribution is 5.97. The number of carbonyl (C=O) groups is 3. The zero-order chi connectivity index (χ0) is 20.8. The number of anilines is 1. The molecule has 2 aromatic rings. The highest BCUT2D eigenvalue weighted by Crippen LogP contribution is 2.26. The van der Waals surface area contributed by atoms with Crippen LogP contribution in [0.25, 0.3) is 6.08 Å². The Balaban J connectivity index is 1.47. The van der Waals surface area contributed by atoms with Gasteiger partial charge in [-0.1, -0.05) is 18.2 Å². The lowest BCUT2D eigenvalue weighted by molar-refractivity contribution is -0.149. The van der Waals surface area contributed by atoms with Crippen LogP contribution < -0.4 is 10.1 Å². The number of esters is 1. The molecule has 1 aliphatic rings. The van der Waals surface area contributed by atoms with E-state index in [4.69, 9.17) is 9.47 Å². The zero-order valence-corrected chi connectivity index (χ0v) is 15.7. The van der Waals surface area contributed by atoms with Crippen molar-refractivity contribution in [2.75, 3.05) is 32.1 Å². The molecule has 2 amide bonds. The van der Waals surface area contributed by atoms with Crippen molar-refractivity contribution in [3.8, 4) is 5.75 Å². The number of likely N-dealkylation sites (N-methyl/N-ethyl adjacent to an activating group) is 1. The molecule has 7 nitrogen and oxygen atoms in total. The normalized spacial score (nSPS) is 12.1. The molecule has 0 saturated carbocycles. The van der Waals surface area contributed by atoms with E-state index in [1.807, 2.05) is 12.1 Å². The molecule has 8 heteroatoms. The van der Waals surface area contributed by atoms with Crippen molar-refractivity contribution in [2.45, 2.75) is 0 Å². The maximum atomic E-state index is 12.9. The Morgan fingerprint density at radius 1 is 1.14 bits per heavy atom. The van der Waals surface area contributed by atoms with Gasteiger partial charge in [0.1, 0.15) is 18.2 Å². The van der Waals surface area contributed by atoms with Gasteiger partial charge in [-0.3, -0.25) is 9.59 Å². The van der Waals surface area contributed by atoms with E-state index in [0.29, 0.717) is 17.0 Å². The van der Waals surface area contributed by atoms with Crippen LogP contribution in [0, 0.1) is 5.82 Å². The van der Waals surface area contributed by atoms with E-state index in [0.717, 1.165) is 10.5 Å². The fourth-order valence-corrected chi connectivity index (χ4v) is 2.60. The highest BCUT2D eigenvalue weighted by Gasteiger charge is 2.20. The van der Waals surface area contributed by atoms with E-state index in [-0.39, 0.29) is 13.2 Å². The molecule has 2 aromatic carbocycles. The summed E-state index contributed by atoms with van der Waals surface area (Å²) in [6.07, 6.45) is 1.66. The van der Waals surface area contributed by atoms with Gasteiger partial charge in [-0.2, -0.15) is 0 Å². The summed E-state index contributed by atoms with van der Waals surface area (Å²) >= 11 is 0. The number of amides is 2. The maximum Gasteiger partial charge on any atom is 0.338 e. The first-order valence-corrected chi connectivity index (χ1v) is 8.81. The predicted molar refractivity (Wildman–Crippen MR) is 104 cm³/mol. The van der Waals surface area contributed by atoms with Gasteiger partial charge in [-0.25, -0.2) is 9.18 Å². The van der Waals surface area contributed by atoms with E-state index < -0.39 is 30.2 Å². The predicted octanol–water partition coefficient (Wildman–Crippen LogP) is 2.24. The highest BCUT2D eigenvalue weighted by atomic mass is 19.1. The molecule has 0 unspecified atom stereocenters. The Morgan fingerprint density at radius 2 is 1.86 bits per heavy atom. The fraction of sp³-hybridized carbons (Fsp3) is 0.190. The van der Waals surface area contributed by atoms with Crippen molar-refractivity contribution >= 4 is 29.5 Å². The van der Waals surface area contributed by atoms with Crippen molar-refractivity contribution in [1.29, 1.82) is 0 Å². The molecule has 29 heavy (non-hydrogen) atoms. The molecule has 0 atom stereocenters. The Kier molecular flexibility index (Phi) is 6.23. The SMILES string of the molecule is CN(CC(=O)Nc1ccc(F)cc1)C(=O)COC(=O)C1=Cc2ccccc2OC1. The smallest absolute Gasteiger partial charge is 0.338 e. The van der Waals surface area contributed by atoms with Gasteiger partial charge in [0.25, 0.3) is 5.91 Å². The average molecular weight is 398 g/mol. The number of fused-ring (bicyclic) bond motifs is 1. The van der Waals surface area contributed by atoms with Gasteiger partial charge >= 0.3 is 5.97 Å². The largest absolute Gasteiger partial charge is 0.488 e. The molecule has 0 radical (unpaired) electrons. The third-order valence-electron chi connectivity index (χ3n) is 4.16. The summed E-state index contributed by atoms with van der Waals surface area (Å²) in [7, 11) is 1.42.